The smallest absolute Gasteiger partial charge is 0.245 e. The van der Waals surface area contributed by atoms with Crippen molar-refractivity contribution in [2.75, 3.05) is 13.1 Å². The van der Waals surface area contributed by atoms with Crippen molar-refractivity contribution < 1.29 is 4.79 Å². The third kappa shape index (κ3) is 3.26. The summed E-state index contributed by atoms with van der Waals surface area (Å²) in [5, 5.41) is 12.3. The van der Waals surface area contributed by atoms with Gasteiger partial charge in [0.15, 0.2) is 10.6 Å². The molecule has 3 aromatic heterocycles. The number of aromatic nitrogens is 4. The van der Waals surface area contributed by atoms with Crippen LogP contribution in [0.25, 0.3) is 10.7 Å². The first kappa shape index (κ1) is 17.6. The van der Waals surface area contributed by atoms with Crippen molar-refractivity contribution >= 4 is 40.8 Å². The highest BCUT2D eigenvalue weighted by Crippen LogP contribution is 2.31. The summed E-state index contributed by atoms with van der Waals surface area (Å²) >= 11 is 8.66. The van der Waals surface area contributed by atoms with Crippen LogP contribution in [0.15, 0.2) is 29.1 Å². The van der Waals surface area contributed by atoms with Gasteiger partial charge in [0.05, 0.1) is 9.88 Å². The first-order valence-electron chi connectivity index (χ1n) is 8.54. The van der Waals surface area contributed by atoms with Crippen molar-refractivity contribution in [2.24, 2.45) is 0 Å². The molecule has 1 fully saturated rings. The third-order valence-corrected chi connectivity index (χ3v) is 6.82. The highest BCUT2D eigenvalue weighted by atomic mass is 32.1. The average molecular weight is 406 g/mol. The maximum absolute atomic E-state index is 13.2. The maximum atomic E-state index is 13.2. The van der Waals surface area contributed by atoms with Crippen molar-refractivity contribution in [3.05, 3.63) is 38.9 Å². The number of hydrogen-bond donors (Lipinski definition) is 1. The van der Waals surface area contributed by atoms with Gasteiger partial charge in [0.1, 0.15) is 6.04 Å². The van der Waals surface area contributed by atoms with Gasteiger partial charge < -0.3 is 4.90 Å². The van der Waals surface area contributed by atoms with Gasteiger partial charge in [0.2, 0.25) is 5.91 Å². The molecule has 4 heterocycles. The molecule has 0 spiro atoms. The second kappa shape index (κ2) is 7.42. The van der Waals surface area contributed by atoms with E-state index in [1.807, 2.05) is 45.5 Å². The number of H-pyrrole nitrogens is 1. The molecule has 26 heavy (non-hydrogen) atoms. The molecule has 0 radical (unpaired) electrons. The molecule has 3 aromatic rings. The van der Waals surface area contributed by atoms with E-state index in [4.69, 9.17) is 12.2 Å². The fourth-order valence-corrected chi connectivity index (χ4v) is 5.20. The Balaban J connectivity index is 1.57. The fourth-order valence-electron chi connectivity index (χ4n) is 3.43. The van der Waals surface area contributed by atoms with Crippen molar-refractivity contribution in [3.8, 4) is 10.7 Å². The SMILES string of the molecule is CC(C(=O)N1CCCC(c2nccs2)C1)n1c(-c2cccs2)n[nH]c1=S. The molecule has 1 aliphatic rings. The molecule has 0 saturated carbocycles. The quantitative estimate of drug-likeness (QED) is 0.664. The van der Waals surface area contributed by atoms with Gasteiger partial charge in [-0.15, -0.1) is 22.7 Å². The number of piperidine rings is 1. The Bertz CT molecular complexity index is 928. The van der Waals surface area contributed by atoms with Crippen LogP contribution < -0.4 is 0 Å². The normalized spacial score (nSPS) is 18.8. The lowest BCUT2D eigenvalue weighted by Crippen LogP contribution is -2.42. The minimum atomic E-state index is -0.395. The summed E-state index contributed by atoms with van der Waals surface area (Å²) in [7, 11) is 0. The van der Waals surface area contributed by atoms with E-state index >= 15 is 0 Å². The number of nitrogens with one attached hydrogen (secondary N) is 1. The van der Waals surface area contributed by atoms with E-state index in [1.165, 1.54) is 0 Å². The summed E-state index contributed by atoms with van der Waals surface area (Å²) in [6.45, 7) is 3.40. The molecular formula is C17H19N5OS3. The summed E-state index contributed by atoms with van der Waals surface area (Å²) in [6.07, 6.45) is 3.91. The molecule has 9 heteroatoms. The van der Waals surface area contributed by atoms with E-state index < -0.39 is 6.04 Å². The van der Waals surface area contributed by atoms with Crippen LogP contribution in [0.5, 0.6) is 0 Å². The summed E-state index contributed by atoms with van der Waals surface area (Å²) < 4.78 is 2.30. The molecule has 1 saturated heterocycles. The number of amides is 1. The highest BCUT2D eigenvalue weighted by molar-refractivity contribution is 7.71. The summed E-state index contributed by atoms with van der Waals surface area (Å²) in [5.41, 5.74) is 0. The number of thiophene rings is 1. The van der Waals surface area contributed by atoms with Crippen LogP contribution in [0.2, 0.25) is 0 Å². The van der Waals surface area contributed by atoms with Crippen LogP contribution >= 0.6 is 34.9 Å². The van der Waals surface area contributed by atoms with Crippen molar-refractivity contribution in [3.63, 3.8) is 0 Å². The predicted octanol–water partition coefficient (Wildman–Crippen LogP) is 4.09. The number of nitrogens with zero attached hydrogens (tertiary/aromatic N) is 4. The highest BCUT2D eigenvalue weighted by Gasteiger charge is 2.30. The number of carbonyl (C=O) groups is 1. The van der Waals surface area contributed by atoms with Crippen LogP contribution in [-0.4, -0.2) is 43.6 Å². The Morgan fingerprint density at radius 1 is 1.42 bits per heavy atom. The van der Waals surface area contributed by atoms with Gasteiger partial charge in [-0.1, -0.05) is 6.07 Å². The van der Waals surface area contributed by atoms with Crippen LogP contribution in [0.4, 0.5) is 0 Å². The number of carbonyl (C=O) groups excluding carboxylic acids is 1. The number of thiazole rings is 1. The lowest BCUT2D eigenvalue weighted by atomic mass is 9.98. The molecule has 4 rings (SSSR count). The Labute approximate surface area is 164 Å². The zero-order chi connectivity index (χ0) is 18.1. The standard InChI is InChI=1S/C17H19N5OS3/c1-11(22-14(19-20-17(22)24)13-5-3-8-25-13)16(23)21-7-2-4-12(10-21)15-18-6-9-26-15/h3,5-6,8-9,11-12H,2,4,7,10H2,1H3,(H,20,24). The van der Waals surface area contributed by atoms with E-state index in [1.54, 1.807) is 22.7 Å². The summed E-state index contributed by atoms with van der Waals surface area (Å²) in [5.74, 6) is 1.13. The molecule has 1 aliphatic heterocycles. The zero-order valence-corrected chi connectivity index (χ0v) is 16.7. The van der Waals surface area contributed by atoms with Gasteiger partial charge in [0.25, 0.3) is 0 Å². The number of rotatable bonds is 4. The van der Waals surface area contributed by atoms with Crippen molar-refractivity contribution in [2.45, 2.75) is 31.7 Å². The topological polar surface area (TPSA) is 66.8 Å². The Morgan fingerprint density at radius 2 is 2.31 bits per heavy atom. The van der Waals surface area contributed by atoms with E-state index in [-0.39, 0.29) is 5.91 Å². The molecule has 2 unspecified atom stereocenters. The number of aromatic amines is 1. The first-order chi connectivity index (χ1) is 12.6. The molecular weight excluding hydrogens is 386 g/mol. The van der Waals surface area contributed by atoms with Gasteiger partial charge in [0, 0.05) is 30.6 Å². The second-order valence-electron chi connectivity index (χ2n) is 6.37. The van der Waals surface area contributed by atoms with Gasteiger partial charge in [-0.25, -0.2) is 4.98 Å². The van der Waals surface area contributed by atoms with Gasteiger partial charge >= 0.3 is 0 Å². The first-order valence-corrected chi connectivity index (χ1v) is 10.7. The van der Waals surface area contributed by atoms with E-state index in [2.05, 4.69) is 15.2 Å². The van der Waals surface area contributed by atoms with Crippen molar-refractivity contribution in [1.29, 1.82) is 0 Å². The lowest BCUT2D eigenvalue weighted by Gasteiger charge is -2.33. The van der Waals surface area contributed by atoms with E-state index in [9.17, 15) is 4.79 Å². The van der Waals surface area contributed by atoms with Crippen molar-refractivity contribution in [1.82, 2.24) is 24.6 Å². The largest absolute Gasteiger partial charge is 0.340 e. The molecule has 2 atom stereocenters. The maximum Gasteiger partial charge on any atom is 0.245 e. The van der Waals surface area contributed by atoms with Gasteiger partial charge in [-0.05, 0) is 43.4 Å². The second-order valence-corrected chi connectivity index (χ2v) is 8.63. The Morgan fingerprint density at radius 3 is 3.04 bits per heavy atom. The minimum Gasteiger partial charge on any atom is -0.340 e. The monoisotopic (exact) mass is 405 g/mol. The van der Waals surface area contributed by atoms with E-state index in [0.717, 1.165) is 41.6 Å². The molecule has 1 N–H and O–H groups in total. The molecule has 1 amide bonds. The predicted molar refractivity (Wildman–Crippen MR) is 106 cm³/mol. The number of hydrogen-bond acceptors (Lipinski definition) is 6. The Kier molecular flexibility index (Phi) is 5.01. The summed E-state index contributed by atoms with van der Waals surface area (Å²) in [4.78, 5) is 20.6. The van der Waals surface area contributed by atoms with Gasteiger partial charge in [-0.3, -0.25) is 14.5 Å². The number of likely N-dealkylation sites (tertiary alicyclic amines) is 1. The summed E-state index contributed by atoms with van der Waals surface area (Å²) in [6, 6.07) is 3.56. The van der Waals surface area contributed by atoms with Crippen LogP contribution in [0.3, 0.4) is 0 Å². The third-order valence-electron chi connectivity index (χ3n) is 4.72. The van der Waals surface area contributed by atoms with Crippen LogP contribution in [0.1, 0.15) is 36.7 Å². The fraction of sp³-hybridized carbons (Fsp3) is 0.412. The Hall–Kier alpha value is -1.84. The molecule has 0 aliphatic carbocycles. The molecule has 0 aromatic carbocycles. The lowest BCUT2D eigenvalue weighted by molar-refractivity contribution is -0.135. The van der Waals surface area contributed by atoms with Crippen LogP contribution in [0, 0.1) is 4.77 Å². The minimum absolute atomic E-state index is 0.0848. The molecule has 136 valence electrons. The average Bonchev–Trinajstić information content (AvgIpc) is 3.41. The molecule has 0 bridgehead atoms. The zero-order valence-electron chi connectivity index (χ0n) is 14.3. The van der Waals surface area contributed by atoms with E-state index in [0.29, 0.717) is 10.7 Å². The van der Waals surface area contributed by atoms with Gasteiger partial charge in [-0.2, -0.15) is 5.10 Å². The van der Waals surface area contributed by atoms with Crippen LogP contribution in [-0.2, 0) is 4.79 Å². The molecule has 6 nitrogen and oxygen atoms in total.